The van der Waals surface area contributed by atoms with Crippen LogP contribution in [0.25, 0.3) is 0 Å². The van der Waals surface area contributed by atoms with Crippen LogP contribution in [0.4, 0.5) is 9.18 Å². The number of benzene rings is 1. The quantitative estimate of drug-likeness (QED) is 0.850. The molecule has 16 heavy (non-hydrogen) atoms. The standard InChI is InChI=1S/C11H12FNO3/c1-7-2-3-8(12)4-10(7)15-6-9-5-13-11(14)16-9/h2-4,9H,5-6H2,1H3,(H,13,14). The second-order valence-electron chi connectivity index (χ2n) is 3.63. The lowest BCUT2D eigenvalue weighted by Crippen LogP contribution is -2.22. The molecule has 1 aliphatic rings. The molecule has 1 atom stereocenters. The first-order valence-corrected chi connectivity index (χ1v) is 4.98. The summed E-state index contributed by atoms with van der Waals surface area (Å²) in [6, 6.07) is 4.34. The number of rotatable bonds is 3. The van der Waals surface area contributed by atoms with Crippen LogP contribution in [0.2, 0.25) is 0 Å². The largest absolute Gasteiger partial charge is 0.489 e. The molecule has 1 amide bonds. The predicted octanol–water partition coefficient (Wildman–Crippen LogP) is 1.62. The first-order chi connectivity index (χ1) is 7.65. The summed E-state index contributed by atoms with van der Waals surface area (Å²) in [6.07, 6.45) is -0.750. The second-order valence-corrected chi connectivity index (χ2v) is 3.63. The van der Waals surface area contributed by atoms with Gasteiger partial charge in [0.15, 0.2) is 6.10 Å². The maximum Gasteiger partial charge on any atom is 0.407 e. The van der Waals surface area contributed by atoms with Gasteiger partial charge in [0, 0.05) is 6.07 Å². The number of hydrogen-bond acceptors (Lipinski definition) is 3. The highest BCUT2D eigenvalue weighted by atomic mass is 19.1. The number of halogens is 1. The van der Waals surface area contributed by atoms with E-state index in [0.29, 0.717) is 12.3 Å². The fourth-order valence-electron chi connectivity index (χ4n) is 1.44. The zero-order valence-corrected chi connectivity index (χ0v) is 8.83. The minimum atomic E-state index is -0.440. The highest BCUT2D eigenvalue weighted by Gasteiger charge is 2.23. The molecule has 1 fully saturated rings. The molecule has 86 valence electrons. The minimum Gasteiger partial charge on any atom is -0.489 e. The lowest BCUT2D eigenvalue weighted by Gasteiger charge is -2.12. The van der Waals surface area contributed by atoms with Crippen molar-refractivity contribution >= 4 is 6.09 Å². The Balaban J connectivity index is 1.94. The molecule has 1 unspecified atom stereocenters. The van der Waals surface area contributed by atoms with Gasteiger partial charge < -0.3 is 14.8 Å². The maximum absolute atomic E-state index is 12.9. The molecule has 0 spiro atoms. The highest BCUT2D eigenvalue weighted by Crippen LogP contribution is 2.19. The first-order valence-electron chi connectivity index (χ1n) is 4.98. The molecule has 1 aromatic rings. The van der Waals surface area contributed by atoms with E-state index in [1.165, 1.54) is 12.1 Å². The van der Waals surface area contributed by atoms with Crippen LogP contribution >= 0.6 is 0 Å². The van der Waals surface area contributed by atoms with Gasteiger partial charge in [-0.2, -0.15) is 0 Å². The van der Waals surface area contributed by atoms with E-state index in [2.05, 4.69) is 5.32 Å². The number of cyclic esters (lactones) is 1. The summed E-state index contributed by atoms with van der Waals surface area (Å²) in [5, 5.41) is 2.52. The molecule has 0 aromatic heterocycles. The lowest BCUT2D eigenvalue weighted by atomic mass is 10.2. The Morgan fingerprint density at radius 3 is 3.12 bits per heavy atom. The average molecular weight is 225 g/mol. The molecule has 4 nitrogen and oxygen atoms in total. The molecule has 1 saturated heterocycles. The van der Waals surface area contributed by atoms with Gasteiger partial charge in [0.05, 0.1) is 6.54 Å². The zero-order chi connectivity index (χ0) is 11.5. The van der Waals surface area contributed by atoms with Gasteiger partial charge in [0.25, 0.3) is 0 Å². The number of alkyl carbamates (subject to hydrolysis) is 1. The third-order valence-corrected chi connectivity index (χ3v) is 2.32. The molecular weight excluding hydrogens is 213 g/mol. The smallest absolute Gasteiger partial charge is 0.407 e. The Morgan fingerprint density at radius 2 is 2.44 bits per heavy atom. The van der Waals surface area contributed by atoms with E-state index >= 15 is 0 Å². The summed E-state index contributed by atoms with van der Waals surface area (Å²) >= 11 is 0. The Morgan fingerprint density at radius 1 is 1.62 bits per heavy atom. The summed E-state index contributed by atoms with van der Waals surface area (Å²) in [7, 11) is 0. The van der Waals surface area contributed by atoms with Crippen molar-refractivity contribution in [2.45, 2.75) is 13.0 Å². The summed E-state index contributed by atoms with van der Waals surface area (Å²) in [5.74, 6) is 0.130. The molecule has 1 heterocycles. The maximum atomic E-state index is 12.9. The van der Waals surface area contributed by atoms with Gasteiger partial charge >= 0.3 is 6.09 Å². The van der Waals surface area contributed by atoms with Gasteiger partial charge in [-0.05, 0) is 18.6 Å². The van der Waals surface area contributed by atoms with E-state index in [-0.39, 0.29) is 18.5 Å². The van der Waals surface area contributed by atoms with Crippen LogP contribution in [-0.2, 0) is 4.74 Å². The number of hydrogen-bond donors (Lipinski definition) is 1. The van der Waals surface area contributed by atoms with Gasteiger partial charge in [0.2, 0.25) is 0 Å². The predicted molar refractivity (Wildman–Crippen MR) is 54.9 cm³/mol. The third kappa shape index (κ3) is 2.42. The van der Waals surface area contributed by atoms with Crippen molar-refractivity contribution in [3.63, 3.8) is 0 Å². The molecule has 0 aliphatic carbocycles. The molecule has 0 saturated carbocycles. The SMILES string of the molecule is Cc1ccc(F)cc1OCC1CNC(=O)O1. The van der Waals surface area contributed by atoms with E-state index in [1.807, 2.05) is 6.92 Å². The summed E-state index contributed by atoms with van der Waals surface area (Å²) in [5.41, 5.74) is 0.846. The van der Waals surface area contributed by atoms with Crippen molar-refractivity contribution in [3.05, 3.63) is 29.6 Å². The third-order valence-electron chi connectivity index (χ3n) is 2.32. The second kappa shape index (κ2) is 4.38. The lowest BCUT2D eigenvalue weighted by molar-refractivity contribution is 0.104. The van der Waals surface area contributed by atoms with Gasteiger partial charge in [-0.1, -0.05) is 6.07 Å². The van der Waals surface area contributed by atoms with E-state index in [9.17, 15) is 9.18 Å². The molecule has 1 N–H and O–H groups in total. The molecule has 0 bridgehead atoms. The van der Waals surface area contributed by atoms with Crippen LogP contribution < -0.4 is 10.1 Å². The Labute approximate surface area is 92.4 Å². The van der Waals surface area contributed by atoms with Crippen molar-refractivity contribution < 1.29 is 18.7 Å². The highest BCUT2D eigenvalue weighted by molar-refractivity contribution is 5.69. The van der Waals surface area contributed by atoms with E-state index in [4.69, 9.17) is 9.47 Å². The van der Waals surface area contributed by atoms with Crippen molar-refractivity contribution in [2.75, 3.05) is 13.2 Å². The minimum absolute atomic E-state index is 0.225. The normalized spacial score (nSPS) is 19.1. The Bertz CT molecular complexity index is 408. The van der Waals surface area contributed by atoms with Gasteiger partial charge in [-0.15, -0.1) is 0 Å². The number of carbonyl (C=O) groups is 1. The fourth-order valence-corrected chi connectivity index (χ4v) is 1.44. The monoisotopic (exact) mass is 225 g/mol. The topological polar surface area (TPSA) is 47.6 Å². The van der Waals surface area contributed by atoms with Crippen molar-refractivity contribution in [3.8, 4) is 5.75 Å². The summed E-state index contributed by atoms with van der Waals surface area (Å²) in [4.78, 5) is 10.7. The van der Waals surface area contributed by atoms with E-state index < -0.39 is 6.09 Å². The van der Waals surface area contributed by atoms with Gasteiger partial charge in [-0.25, -0.2) is 9.18 Å². The van der Waals surface area contributed by atoms with Crippen LogP contribution in [-0.4, -0.2) is 25.3 Å². The van der Waals surface area contributed by atoms with E-state index in [1.54, 1.807) is 6.07 Å². The first kappa shape index (κ1) is 10.7. The average Bonchev–Trinajstić information content (AvgIpc) is 2.66. The Hall–Kier alpha value is -1.78. The molecule has 2 rings (SSSR count). The molecule has 1 aliphatic heterocycles. The number of nitrogens with one attached hydrogen (secondary N) is 1. The van der Waals surface area contributed by atoms with Gasteiger partial charge in [0.1, 0.15) is 18.2 Å². The number of aryl methyl sites for hydroxylation is 1. The number of carbonyl (C=O) groups excluding carboxylic acids is 1. The molecule has 5 heteroatoms. The van der Waals surface area contributed by atoms with Crippen LogP contribution in [0.5, 0.6) is 5.75 Å². The van der Waals surface area contributed by atoms with Crippen molar-refractivity contribution in [1.82, 2.24) is 5.32 Å². The number of ether oxygens (including phenoxy) is 2. The molecule has 1 aromatic carbocycles. The summed E-state index contributed by atoms with van der Waals surface area (Å²) in [6.45, 7) is 2.48. The van der Waals surface area contributed by atoms with Crippen LogP contribution in [0.3, 0.4) is 0 Å². The molecular formula is C11H12FNO3. The Kier molecular flexibility index (Phi) is 2.94. The van der Waals surface area contributed by atoms with Crippen LogP contribution in [0.15, 0.2) is 18.2 Å². The van der Waals surface area contributed by atoms with Crippen LogP contribution in [0, 0.1) is 12.7 Å². The zero-order valence-electron chi connectivity index (χ0n) is 8.83. The number of amides is 1. The van der Waals surface area contributed by atoms with Gasteiger partial charge in [-0.3, -0.25) is 0 Å². The van der Waals surface area contributed by atoms with Crippen molar-refractivity contribution in [2.24, 2.45) is 0 Å². The van der Waals surface area contributed by atoms with Crippen molar-refractivity contribution in [1.29, 1.82) is 0 Å². The van der Waals surface area contributed by atoms with Crippen LogP contribution in [0.1, 0.15) is 5.56 Å². The molecule has 0 radical (unpaired) electrons. The van der Waals surface area contributed by atoms with E-state index in [0.717, 1.165) is 5.56 Å². The fraction of sp³-hybridized carbons (Fsp3) is 0.364. The summed E-state index contributed by atoms with van der Waals surface area (Å²) < 4.78 is 23.2.